The minimum Gasteiger partial charge on any atom is -0.317 e. The summed E-state index contributed by atoms with van der Waals surface area (Å²) in [5.41, 5.74) is 0. The largest absolute Gasteiger partial charge is 0.317 e. The molecule has 4 heteroatoms. The molecule has 0 aromatic rings. The van der Waals surface area contributed by atoms with Crippen molar-refractivity contribution >= 4 is 29.3 Å². The molecule has 0 radical (unpaired) electrons. The number of hydrogen-bond acceptors (Lipinski definition) is 2. The van der Waals surface area contributed by atoms with E-state index in [1.165, 1.54) is 0 Å². The van der Waals surface area contributed by atoms with E-state index < -0.39 is 0 Å². The second-order valence-corrected chi connectivity index (χ2v) is 2.70. The standard InChI is InChI=1S/C6H10ClNO.ClH/c7-6(9)5-1-3-8-4-2-5;/h5,8H,1-4H2;1H. The van der Waals surface area contributed by atoms with Gasteiger partial charge in [-0.3, -0.25) is 4.79 Å². The molecule has 0 aromatic heterocycles. The molecule has 0 atom stereocenters. The van der Waals surface area contributed by atoms with E-state index in [1.807, 2.05) is 0 Å². The van der Waals surface area contributed by atoms with Crippen molar-refractivity contribution < 1.29 is 4.79 Å². The number of nitrogens with one attached hydrogen (secondary N) is 1. The lowest BCUT2D eigenvalue weighted by atomic mass is 10.0. The van der Waals surface area contributed by atoms with Crippen LogP contribution >= 0.6 is 24.0 Å². The second kappa shape index (κ2) is 4.94. The molecule has 1 heterocycles. The molecule has 0 amide bonds. The van der Waals surface area contributed by atoms with Gasteiger partial charge in [-0.1, -0.05) is 0 Å². The zero-order valence-electron chi connectivity index (χ0n) is 5.60. The highest BCUT2D eigenvalue weighted by Gasteiger charge is 2.18. The van der Waals surface area contributed by atoms with Gasteiger partial charge in [0.1, 0.15) is 0 Å². The summed E-state index contributed by atoms with van der Waals surface area (Å²) >= 11 is 5.29. The Morgan fingerprint density at radius 2 is 1.90 bits per heavy atom. The Morgan fingerprint density at radius 3 is 2.20 bits per heavy atom. The third kappa shape index (κ3) is 2.86. The third-order valence-electron chi connectivity index (χ3n) is 1.66. The van der Waals surface area contributed by atoms with Crippen molar-refractivity contribution in [2.75, 3.05) is 13.1 Å². The van der Waals surface area contributed by atoms with Crippen LogP contribution in [0, 0.1) is 5.92 Å². The Kier molecular flexibility index (Phi) is 5.04. The predicted molar refractivity (Wildman–Crippen MR) is 43.7 cm³/mol. The lowest BCUT2D eigenvalue weighted by Crippen LogP contribution is -2.30. The highest BCUT2D eigenvalue weighted by Crippen LogP contribution is 2.13. The predicted octanol–water partition coefficient (Wildman–Crippen LogP) is 1.17. The summed E-state index contributed by atoms with van der Waals surface area (Å²) in [7, 11) is 0. The molecule has 0 unspecified atom stereocenters. The van der Waals surface area contributed by atoms with Crippen molar-refractivity contribution in [2.24, 2.45) is 5.92 Å². The van der Waals surface area contributed by atoms with Gasteiger partial charge in [0.25, 0.3) is 0 Å². The molecule has 1 N–H and O–H groups in total. The number of carbonyl (C=O) groups excluding carboxylic acids is 1. The van der Waals surface area contributed by atoms with Gasteiger partial charge in [-0.05, 0) is 37.5 Å². The first-order valence-corrected chi connectivity index (χ1v) is 3.58. The molecule has 1 rings (SSSR count). The molecule has 1 aliphatic rings. The molecule has 0 spiro atoms. The lowest BCUT2D eigenvalue weighted by Gasteiger charge is -2.18. The molecular formula is C6H11Cl2NO. The molecule has 0 aromatic carbocycles. The SMILES string of the molecule is Cl.O=C(Cl)C1CCNCC1. The number of carbonyl (C=O) groups is 1. The van der Waals surface area contributed by atoms with Crippen LogP contribution in [0.25, 0.3) is 0 Å². The normalized spacial score (nSPS) is 19.7. The van der Waals surface area contributed by atoms with Gasteiger partial charge < -0.3 is 5.32 Å². The van der Waals surface area contributed by atoms with Crippen LogP contribution in [0.4, 0.5) is 0 Å². The van der Waals surface area contributed by atoms with Gasteiger partial charge in [-0.2, -0.15) is 0 Å². The van der Waals surface area contributed by atoms with Crippen LogP contribution in [0.15, 0.2) is 0 Å². The Morgan fingerprint density at radius 1 is 1.40 bits per heavy atom. The Bertz CT molecular complexity index is 112. The van der Waals surface area contributed by atoms with Gasteiger partial charge in [-0.15, -0.1) is 12.4 Å². The summed E-state index contributed by atoms with van der Waals surface area (Å²) in [6.45, 7) is 1.87. The third-order valence-corrected chi connectivity index (χ3v) is 1.97. The summed E-state index contributed by atoms with van der Waals surface area (Å²) in [6, 6.07) is 0. The van der Waals surface area contributed by atoms with Crippen LogP contribution in [0.3, 0.4) is 0 Å². The average Bonchev–Trinajstić information content (AvgIpc) is 1.90. The maximum absolute atomic E-state index is 10.5. The average molecular weight is 184 g/mol. The van der Waals surface area contributed by atoms with Crippen molar-refractivity contribution in [1.82, 2.24) is 5.32 Å². The molecule has 1 fully saturated rings. The van der Waals surface area contributed by atoms with E-state index in [4.69, 9.17) is 11.6 Å². The minimum atomic E-state index is -0.170. The molecule has 1 saturated heterocycles. The van der Waals surface area contributed by atoms with E-state index in [1.54, 1.807) is 0 Å². The molecule has 1 aliphatic heterocycles. The fraction of sp³-hybridized carbons (Fsp3) is 0.833. The number of rotatable bonds is 1. The smallest absolute Gasteiger partial charge is 0.224 e. The van der Waals surface area contributed by atoms with Crippen LogP contribution in [0.2, 0.25) is 0 Å². The van der Waals surface area contributed by atoms with Crippen molar-refractivity contribution in [2.45, 2.75) is 12.8 Å². The highest BCUT2D eigenvalue weighted by molar-refractivity contribution is 6.63. The molecule has 0 saturated carbocycles. The summed E-state index contributed by atoms with van der Waals surface area (Å²) < 4.78 is 0. The Balaban J connectivity index is 0.000000810. The summed E-state index contributed by atoms with van der Waals surface area (Å²) in [5.74, 6) is 0.118. The molecule has 10 heavy (non-hydrogen) atoms. The van der Waals surface area contributed by atoms with Crippen molar-refractivity contribution in [1.29, 1.82) is 0 Å². The fourth-order valence-corrected chi connectivity index (χ4v) is 1.27. The van der Waals surface area contributed by atoms with Crippen LogP contribution in [0.1, 0.15) is 12.8 Å². The van der Waals surface area contributed by atoms with Crippen molar-refractivity contribution in [3.8, 4) is 0 Å². The van der Waals surface area contributed by atoms with E-state index in [0.717, 1.165) is 25.9 Å². The summed E-state index contributed by atoms with van der Waals surface area (Å²) in [6.07, 6.45) is 1.81. The van der Waals surface area contributed by atoms with Crippen LogP contribution in [-0.4, -0.2) is 18.3 Å². The monoisotopic (exact) mass is 183 g/mol. The zero-order valence-corrected chi connectivity index (χ0v) is 7.17. The van der Waals surface area contributed by atoms with Crippen LogP contribution in [-0.2, 0) is 4.79 Å². The zero-order chi connectivity index (χ0) is 6.69. The first kappa shape index (κ1) is 10.2. The minimum absolute atomic E-state index is 0. The first-order valence-electron chi connectivity index (χ1n) is 3.21. The molecule has 0 bridgehead atoms. The van der Waals surface area contributed by atoms with Gasteiger partial charge in [0.15, 0.2) is 0 Å². The topological polar surface area (TPSA) is 29.1 Å². The number of hydrogen-bond donors (Lipinski definition) is 1. The second-order valence-electron chi connectivity index (χ2n) is 2.33. The summed E-state index contributed by atoms with van der Waals surface area (Å²) in [4.78, 5) is 10.5. The maximum atomic E-state index is 10.5. The number of piperidine rings is 1. The van der Waals surface area contributed by atoms with Gasteiger partial charge in [0, 0.05) is 5.92 Å². The van der Waals surface area contributed by atoms with E-state index >= 15 is 0 Å². The quantitative estimate of drug-likeness (QED) is 0.620. The van der Waals surface area contributed by atoms with Gasteiger partial charge in [0.05, 0.1) is 0 Å². The van der Waals surface area contributed by atoms with E-state index in [0.29, 0.717) is 0 Å². The maximum Gasteiger partial charge on any atom is 0.224 e. The molecule has 2 nitrogen and oxygen atoms in total. The first-order chi connectivity index (χ1) is 4.30. The number of halogens is 2. The van der Waals surface area contributed by atoms with E-state index in [9.17, 15) is 4.79 Å². The van der Waals surface area contributed by atoms with E-state index in [2.05, 4.69) is 5.32 Å². The molecular weight excluding hydrogens is 173 g/mol. The molecule has 0 aliphatic carbocycles. The fourth-order valence-electron chi connectivity index (χ4n) is 1.05. The summed E-state index contributed by atoms with van der Waals surface area (Å²) in [5, 5.41) is 2.99. The van der Waals surface area contributed by atoms with Crippen molar-refractivity contribution in [3.63, 3.8) is 0 Å². The van der Waals surface area contributed by atoms with Crippen LogP contribution in [0.5, 0.6) is 0 Å². The van der Waals surface area contributed by atoms with E-state index in [-0.39, 0.29) is 23.6 Å². The van der Waals surface area contributed by atoms with Gasteiger partial charge in [0.2, 0.25) is 5.24 Å². The lowest BCUT2D eigenvalue weighted by molar-refractivity contribution is -0.115. The highest BCUT2D eigenvalue weighted by atomic mass is 35.5. The van der Waals surface area contributed by atoms with Crippen molar-refractivity contribution in [3.05, 3.63) is 0 Å². The molecule has 60 valence electrons. The van der Waals surface area contributed by atoms with Crippen LogP contribution < -0.4 is 5.32 Å². The van der Waals surface area contributed by atoms with Gasteiger partial charge >= 0.3 is 0 Å². The Labute approximate surface area is 71.7 Å². The Hall–Kier alpha value is 0.210. The van der Waals surface area contributed by atoms with Gasteiger partial charge in [-0.25, -0.2) is 0 Å².